The molecule has 0 saturated carbocycles. The van der Waals surface area contributed by atoms with Crippen molar-refractivity contribution in [2.45, 2.75) is 0 Å². The molecule has 5 nitrogen and oxygen atoms in total. The van der Waals surface area contributed by atoms with E-state index in [4.69, 9.17) is 14.6 Å². The molecule has 21 heavy (non-hydrogen) atoms. The quantitative estimate of drug-likeness (QED) is 0.513. The molecule has 0 aliphatic heterocycles. The van der Waals surface area contributed by atoms with E-state index in [1.165, 1.54) is 43.5 Å². The van der Waals surface area contributed by atoms with Gasteiger partial charge in [-0.05, 0) is 48.0 Å². The Morgan fingerprint density at radius 1 is 1.10 bits per heavy atom. The lowest BCUT2D eigenvalue weighted by molar-refractivity contribution is -0.128. The van der Waals surface area contributed by atoms with Crippen LogP contribution in [0.4, 0.5) is 0 Å². The summed E-state index contributed by atoms with van der Waals surface area (Å²) in [6.45, 7) is 0. The van der Waals surface area contributed by atoms with Crippen molar-refractivity contribution < 1.29 is 24.5 Å². The van der Waals surface area contributed by atoms with E-state index in [1.807, 2.05) is 0 Å². The van der Waals surface area contributed by atoms with Crippen LogP contribution in [0.25, 0.3) is 6.08 Å². The molecule has 0 fully saturated rings. The minimum absolute atomic E-state index is 0.0290. The first-order valence-corrected chi connectivity index (χ1v) is 6.14. The highest BCUT2D eigenvalue weighted by atomic mass is 16.5. The van der Waals surface area contributed by atoms with Gasteiger partial charge in [0.2, 0.25) is 0 Å². The Balaban J connectivity index is 2.03. The van der Waals surface area contributed by atoms with Crippen molar-refractivity contribution in [3.8, 4) is 23.0 Å². The molecule has 0 bridgehead atoms. The van der Waals surface area contributed by atoms with E-state index in [0.717, 1.165) is 0 Å². The number of carbonyl (C=O) groups excluding carboxylic acids is 1. The van der Waals surface area contributed by atoms with Gasteiger partial charge >= 0.3 is 5.97 Å². The van der Waals surface area contributed by atoms with E-state index in [0.29, 0.717) is 17.1 Å². The first kappa shape index (κ1) is 14.5. The Hall–Kier alpha value is -2.95. The number of aromatic hydroxyl groups is 2. The monoisotopic (exact) mass is 286 g/mol. The Labute approximate surface area is 121 Å². The Morgan fingerprint density at radius 3 is 2.48 bits per heavy atom. The summed E-state index contributed by atoms with van der Waals surface area (Å²) in [6, 6.07) is 10.6. The predicted octanol–water partition coefficient (Wildman–Crippen LogP) is 2.73. The van der Waals surface area contributed by atoms with Crippen molar-refractivity contribution in [1.29, 1.82) is 0 Å². The van der Waals surface area contributed by atoms with Gasteiger partial charge in [-0.25, -0.2) is 4.79 Å². The zero-order valence-electron chi connectivity index (χ0n) is 11.3. The number of hydrogen-bond donors (Lipinski definition) is 2. The summed E-state index contributed by atoms with van der Waals surface area (Å²) in [7, 11) is 1.45. The number of carbonyl (C=O) groups is 1. The van der Waals surface area contributed by atoms with Gasteiger partial charge in [-0.3, -0.25) is 0 Å². The highest BCUT2D eigenvalue weighted by molar-refractivity contribution is 5.88. The summed E-state index contributed by atoms with van der Waals surface area (Å²) in [5.74, 6) is 0.241. The second-order valence-electron chi connectivity index (χ2n) is 4.18. The van der Waals surface area contributed by atoms with Gasteiger partial charge in [0.15, 0.2) is 11.5 Å². The summed E-state index contributed by atoms with van der Waals surface area (Å²) in [4.78, 5) is 11.6. The summed E-state index contributed by atoms with van der Waals surface area (Å²) in [5, 5.41) is 18.6. The maximum absolute atomic E-state index is 11.6. The molecule has 108 valence electrons. The minimum Gasteiger partial charge on any atom is -0.508 e. The van der Waals surface area contributed by atoms with Crippen LogP contribution in [0.3, 0.4) is 0 Å². The van der Waals surface area contributed by atoms with Crippen molar-refractivity contribution in [3.05, 3.63) is 54.1 Å². The second-order valence-corrected chi connectivity index (χ2v) is 4.18. The number of esters is 1. The van der Waals surface area contributed by atoms with Gasteiger partial charge in [-0.2, -0.15) is 0 Å². The standard InChI is InChI=1S/C16H14O5/c1-20-15-10-11(2-8-14(15)18)3-9-16(19)21-13-6-4-12(17)5-7-13/h2-10,17-18H,1H3/b9-3+. The summed E-state index contributed by atoms with van der Waals surface area (Å²) in [6.07, 6.45) is 2.81. The Kier molecular flexibility index (Phi) is 4.46. The summed E-state index contributed by atoms with van der Waals surface area (Å²) < 4.78 is 10.0. The van der Waals surface area contributed by atoms with E-state index in [2.05, 4.69) is 0 Å². The van der Waals surface area contributed by atoms with Gasteiger partial charge in [-0.1, -0.05) is 6.07 Å². The van der Waals surface area contributed by atoms with E-state index in [9.17, 15) is 9.90 Å². The molecule has 2 rings (SSSR count). The topological polar surface area (TPSA) is 76.0 Å². The van der Waals surface area contributed by atoms with Gasteiger partial charge in [0.05, 0.1) is 7.11 Å². The molecule has 0 spiro atoms. The van der Waals surface area contributed by atoms with Crippen molar-refractivity contribution in [3.63, 3.8) is 0 Å². The third kappa shape index (κ3) is 4.01. The second kappa shape index (κ2) is 6.47. The third-order valence-electron chi connectivity index (χ3n) is 2.67. The van der Waals surface area contributed by atoms with Crippen LogP contribution in [0.2, 0.25) is 0 Å². The molecule has 2 aromatic carbocycles. The van der Waals surface area contributed by atoms with Gasteiger partial charge in [-0.15, -0.1) is 0 Å². The van der Waals surface area contributed by atoms with Crippen LogP contribution < -0.4 is 9.47 Å². The van der Waals surface area contributed by atoms with E-state index >= 15 is 0 Å². The van der Waals surface area contributed by atoms with Gasteiger partial charge < -0.3 is 19.7 Å². The van der Waals surface area contributed by atoms with Gasteiger partial charge in [0, 0.05) is 6.08 Å². The lowest BCUT2D eigenvalue weighted by Crippen LogP contribution is -2.03. The fraction of sp³-hybridized carbons (Fsp3) is 0.0625. The summed E-state index contributed by atoms with van der Waals surface area (Å²) in [5.41, 5.74) is 0.687. The van der Waals surface area contributed by atoms with Crippen molar-refractivity contribution in [1.82, 2.24) is 0 Å². The SMILES string of the molecule is COc1cc(/C=C/C(=O)Oc2ccc(O)cc2)ccc1O. The molecule has 2 N–H and O–H groups in total. The summed E-state index contributed by atoms with van der Waals surface area (Å²) >= 11 is 0. The van der Waals surface area contributed by atoms with Crippen LogP contribution in [0, 0.1) is 0 Å². The Morgan fingerprint density at radius 2 is 1.81 bits per heavy atom. The van der Waals surface area contributed by atoms with Crippen LogP contribution in [0.5, 0.6) is 23.0 Å². The minimum atomic E-state index is -0.548. The van der Waals surface area contributed by atoms with E-state index in [-0.39, 0.29) is 11.5 Å². The van der Waals surface area contributed by atoms with Crippen molar-refractivity contribution >= 4 is 12.0 Å². The number of phenols is 2. The highest BCUT2D eigenvalue weighted by Crippen LogP contribution is 2.26. The molecule has 0 aliphatic carbocycles. The fourth-order valence-electron chi connectivity index (χ4n) is 1.63. The van der Waals surface area contributed by atoms with Crippen molar-refractivity contribution in [2.24, 2.45) is 0 Å². The van der Waals surface area contributed by atoms with Gasteiger partial charge in [0.1, 0.15) is 11.5 Å². The molecule has 0 aliphatic rings. The van der Waals surface area contributed by atoms with Crippen LogP contribution in [-0.2, 0) is 4.79 Å². The maximum Gasteiger partial charge on any atom is 0.336 e. The van der Waals surface area contributed by atoms with Crippen molar-refractivity contribution in [2.75, 3.05) is 7.11 Å². The molecule has 0 radical (unpaired) electrons. The molecular formula is C16H14O5. The highest BCUT2D eigenvalue weighted by Gasteiger charge is 2.03. The largest absolute Gasteiger partial charge is 0.508 e. The smallest absolute Gasteiger partial charge is 0.336 e. The molecule has 0 unspecified atom stereocenters. The third-order valence-corrected chi connectivity index (χ3v) is 2.67. The normalized spacial score (nSPS) is 10.5. The molecular weight excluding hydrogens is 272 g/mol. The zero-order chi connectivity index (χ0) is 15.2. The first-order chi connectivity index (χ1) is 10.1. The van der Waals surface area contributed by atoms with Gasteiger partial charge in [0.25, 0.3) is 0 Å². The average molecular weight is 286 g/mol. The Bertz CT molecular complexity index is 659. The number of benzene rings is 2. The number of hydrogen-bond acceptors (Lipinski definition) is 5. The number of rotatable bonds is 4. The fourth-order valence-corrected chi connectivity index (χ4v) is 1.63. The molecule has 0 saturated heterocycles. The molecule has 0 aromatic heterocycles. The molecule has 5 heteroatoms. The number of methoxy groups -OCH3 is 1. The molecule has 0 amide bonds. The van der Waals surface area contributed by atoms with Crippen LogP contribution in [0.15, 0.2) is 48.5 Å². The van der Waals surface area contributed by atoms with E-state index in [1.54, 1.807) is 18.2 Å². The average Bonchev–Trinajstić information content (AvgIpc) is 2.49. The van der Waals surface area contributed by atoms with E-state index < -0.39 is 5.97 Å². The number of phenolic OH excluding ortho intramolecular Hbond substituents is 2. The lowest BCUT2D eigenvalue weighted by atomic mass is 10.2. The molecule has 0 atom stereocenters. The molecule has 0 heterocycles. The molecule has 2 aromatic rings. The maximum atomic E-state index is 11.6. The first-order valence-electron chi connectivity index (χ1n) is 6.14. The van der Waals surface area contributed by atoms with Crippen LogP contribution in [0.1, 0.15) is 5.56 Å². The lowest BCUT2D eigenvalue weighted by Gasteiger charge is -2.04. The zero-order valence-corrected chi connectivity index (χ0v) is 11.3. The predicted molar refractivity (Wildman–Crippen MR) is 77.4 cm³/mol. The van der Waals surface area contributed by atoms with Crippen LogP contribution in [-0.4, -0.2) is 23.3 Å². The van der Waals surface area contributed by atoms with Crippen LogP contribution >= 0.6 is 0 Å². The number of ether oxygens (including phenoxy) is 2.